The van der Waals surface area contributed by atoms with Gasteiger partial charge in [0.25, 0.3) is 0 Å². The summed E-state index contributed by atoms with van der Waals surface area (Å²) in [6.45, 7) is 9.29. The van der Waals surface area contributed by atoms with Crippen LogP contribution in [0.1, 0.15) is 45.9 Å². The third-order valence-corrected chi connectivity index (χ3v) is 12.1. The Morgan fingerprint density at radius 2 is 1.65 bits per heavy atom. The average Bonchev–Trinajstić information content (AvgIpc) is 3.17. The van der Waals surface area contributed by atoms with Crippen LogP contribution in [-0.4, -0.2) is 96.9 Å². The number of halogens is 1. The summed E-state index contributed by atoms with van der Waals surface area (Å²) in [5, 5.41) is 31.9. The van der Waals surface area contributed by atoms with Gasteiger partial charge in [0.15, 0.2) is 0 Å². The van der Waals surface area contributed by atoms with E-state index in [4.69, 9.17) is 21.1 Å². The first-order valence-corrected chi connectivity index (χ1v) is 20.3. The van der Waals surface area contributed by atoms with Gasteiger partial charge in [-0.25, -0.2) is 0 Å². The molecule has 0 unspecified atom stereocenters. The summed E-state index contributed by atoms with van der Waals surface area (Å²) in [5.41, 5.74) is 6.75. The van der Waals surface area contributed by atoms with E-state index < -0.39 is 28.7 Å². The number of nitrogens with zero attached hydrogens (tertiary/aromatic N) is 4. The molecule has 1 aliphatic rings. The molecule has 2 heterocycles. The first-order valence-electron chi connectivity index (χ1n) is 18.0. The Labute approximate surface area is 329 Å². The van der Waals surface area contributed by atoms with Crippen LogP contribution >= 0.6 is 22.2 Å². The number of nitriles is 1. The summed E-state index contributed by atoms with van der Waals surface area (Å²) in [7, 11) is -0.285. The lowest BCUT2D eigenvalue weighted by Crippen LogP contribution is -2.52. The minimum Gasteiger partial charge on any atom is -0.488 e. The van der Waals surface area contributed by atoms with E-state index in [0.29, 0.717) is 57.8 Å². The first kappa shape index (κ1) is 41.9. The number of hydrogen-bond donors (Lipinski definition) is 5. The van der Waals surface area contributed by atoms with Gasteiger partial charge in [-0.05, 0) is 73.3 Å². The lowest BCUT2D eigenvalue weighted by molar-refractivity contribution is -0.145. The van der Waals surface area contributed by atoms with E-state index in [9.17, 15) is 29.4 Å². The Kier molecular flexibility index (Phi) is 14.2. The van der Waals surface area contributed by atoms with Crippen LogP contribution in [0.25, 0.3) is 11.1 Å². The van der Waals surface area contributed by atoms with Gasteiger partial charge < -0.3 is 24.6 Å². The first-order chi connectivity index (χ1) is 26.2. The summed E-state index contributed by atoms with van der Waals surface area (Å²) < 4.78 is 32.4. The molecular formula is C41H50ClN5O7S. The van der Waals surface area contributed by atoms with Gasteiger partial charge >= 0.3 is 5.97 Å². The number of hydrogen-bond acceptors (Lipinski definition) is 11. The number of aromatic nitrogens is 1. The number of likely N-dealkylation sites (N-methyl/N-ethyl adjacent to an activating group) is 1. The van der Waals surface area contributed by atoms with Crippen molar-refractivity contribution in [2.45, 2.75) is 52.6 Å². The number of rotatable bonds is 17. The Balaban J connectivity index is 1.31. The van der Waals surface area contributed by atoms with Gasteiger partial charge in [-0.2, -0.15) is 15.9 Å². The topological polar surface area (TPSA) is 172 Å². The van der Waals surface area contributed by atoms with E-state index in [0.717, 1.165) is 41.9 Å². The molecule has 14 heteroatoms. The van der Waals surface area contributed by atoms with Crippen LogP contribution in [0.3, 0.4) is 0 Å². The SMILES string of the molecule is Cc1c(COc2cc(OCc3cncc(C#N)c3)c(CN[C@@](C)(CO)C(=O)O)cc2Cl)cccc1-c1cccc(CN(C)CCN2CCS(O)(O)CC2)c1C. The number of carboxylic acids is 1. The molecule has 55 heavy (non-hydrogen) atoms. The van der Waals surface area contributed by atoms with Crippen molar-refractivity contribution >= 4 is 28.2 Å². The fourth-order valence-electron chi connectivity index (χ4n) is 6.34. The van der Waals surface area contributed by atoms with Crippen LogP contribution in [0.5, 0.6) is 11.5 Å². The van der Waals surface area contributed by atoms with E-state index in [1.807, 2.05) is 12.1 Å². The average molecular weight is 792 g/mol. The van der Waals surface area contributed by atoms with Crippen molar-refractivity contribution in [1.82, 2.24) is 20.1 Å². The zero-order valence-corrected chi connectivity index (χ0v) is 33.3. The van der Waals surface area contributed by atoms with Gasteiger partial charge in [0, 0.05) is 68.9 Å². The molecule has 0 amide bonds. The molecule has 1 aliphatic heterocycles. The number of aliphatic carboxylic acids is 1. The van der Waals surface area contributed by atoms with E-state index in [1.54, 1.807) is 24.4 Å². The Morgan fingerprint density at radius 1 is 1.00 bits per heavy atom. The van der Waals surface area contributed by atoms with E-state index >= 15 is 0 Å². The normalized spacial score (nSPS) is 15.9. The molecule has 294 valence electrons. The summed E-state index contributed by atoms with van der Waals surface area (Å²) in [4.78, 5) is 20.5. The van der Waals surface area contributed by atoms with E-state index in [2.05, 4.69) is 71.3 Å². The number of nitrogens with one attached hydrogen (secondary N) is 1. The van der Waals surface area contributed by atoms with Crippen molar-refractivity contribution in [3.8, 4) is 28.7 Å². The highest BCUT2D eigenvalue weighted by molar-refractivity contribution is 8.24. The van der Waals surface area contributed by atoms with Crippen LogP contribution in [0.15, 0.2) is 67.0 Å². The highest BCUT2D eigenvalue weighted by Gasteiger charge is 2.32. The van der Waals surface area contributed by atoms with E-state index in [1.165, 1.54) is 24.2 Å². The lowest BCUT2D eigenvalue weighted by Gasteiger charge is -2.41. The smallest absolute Gasteiger partial charge is 0.326 e. The summed E-state index contributed by atoms with van der Waals surface area (Å²) in [6, 6.07) is 19.6. The Bertz CT molecular complexity index is 2020. The standard InChI is InChI=1S/C41H50ClN5O7S/c1-28-32(24-46(4)11-12-47-13-15-55(51,52)16-14-47)7-5-9-35(28)36-10-6-8-33(29(36)2)26-54-39-19-38(53-25-31-17-30(20-43)21-44-22-31)34(18-37(39)42)23-45-41(3,27-48)40(49)50/h5-10,17-19,21-22,45,48,51-52H,11-16,23-27H2,1-4H3,(H,49,50)/t41-/m0/s1. The van der Waals surface area contributed by atoms with Crippen LogP contribution in [0.4, 0.5) is 0 Å². The maximum absolute atomic E-state index is 11.8. The second kappa shape index (κ2) is 18.6. The van der Waals surface area contributed by atoms with Crippen molar-refractivity contribution in [3.05, 3.63) is 111 Å². The summed E-state index contributed by atoms with van der Waals surface area (Å²) in [6.07, 6.45) is 3.06. The second-order valence-corrected chi connectivity index (χ2v) is 17.1. The van der Waals surface area contributed by atoms with Gasteiger partial charge in [0.1, 0.15) is 36.3 Å². The van der Waals surface area contributed by atoms with E-state index in [-0.39, 0.29) is 19.8 Å². The molecule has 0 saturated carbocycles. The molecule has 4 aromatic rings. The lowest BCUT2D eigenvalue weighted by atomic mass is 9.91. The summed E-state index contributed by atoms with van der Waals surface area (Å²) in [5.74, 6) is 0.458. The predicted octanol–water partition coefficient (Wildman–Crippen LogP) is 6.47. The molecule has 0 spiro atoms. The van der Waals surface area contributed by atoms with Crippen LogP contribution in [0, 0.1) is 25.2 Å². The molecule has 5 rings (SSSR count). The zero-order chi connectivity index (χ0) is 39.8. The molecule has 1 atom stereocenters. The molecular weight excluding hydrogens is 742 g/mol. The third-order valence-electron chi connectivity index (χ3n) is 10.2. The molecule has 5 N–H and O–H groups in total. The molecule has 0 aliphatic carbocycles. The summed E-state index contributed by atoms with van der Waals surface area (Å²) >= 11 is 6.75. The molecule has 1 fully saturated rings. The van der Waals surface area contributed by atoms with Gasteiger partial charge in [-0.1, -0.05) is 48.0 Å². The van der Waals surface area contributed by atoms with Crippen LogP contribution in [-0.2, 0) is 31.1 Å². The minimum atomic E-state index is -2.40. The van der Waals surface area contributed by atoms with Gasteiger partial charge in [-0.3, -0.25) is 29.1 Å². The predicted molar refractivity (Wildman–Crippen MR) is 216 cm³/mol. The van der Waals surface area contributed by atoms with Crippen molar-refractivity contribution in [2.75, 3.05) is 51.3 Å². The number of carbonyl (C=O) groups is 1. The molecule has 0 radical (unpaired) electrons. The van der Waals surface area contributed by atoms with Crippen molar-refractivity contribution in [3.63, 3.8) is 0 Å². The number of ether oxygens (including phenoxy) is 2. The molecule has 1 aromatic heterocycles. The minimum absolute atomic E-state index is 0.0274. The Hall–Kier alpha value is -4.23. The number of aliphatic hydroxyl groups is 1. The van der Waals surface area contributed by atoms with Crippen molar-refractivity contribution < 1.29 is 33.6 Å². The van der Waals surface area contributed by atoms with Gasteiger partial charge in [-0.15, -0.1) is 0 Å². The quantitative estimate of drug-likeness (QED) is 0.0791. The third kappa shape index (κ3) is 11.0. The fraction of sp³-hybridized carbons (Fsp3) is 0.390. The number of carboxylic acid groups (broad SMARTS) is 1. The second-order valence-electron chi connectivity index (χ2n) is 14.3. The maximum Gasteiger partial charge on any atom is 0.326 e. The molecule has 1 saturated heterocycles. The molecule has 0 bridgehead atoms. The number of aliphatic hydroxyl groups excluding tert-OH is 1. The molecule has 12 nitrogen and oxygen atoms in total. The van der Waals surface area contributed by atoms with Crippen molar-refractivity contribution in [2.24, 2.45) is 0 Å². The van der Waals surface area contributed by atoms with Gasteiger partial charge in [0.2, 0.25) is 0 Å². The zero-order valence-electron chi connectivity index (χ0n) is 31.7. The monoisotopic (exact) mass is 791 g/mol. The number of benzene rings is 3. The fourth-order valence-corrected chi connectivity index (χ4v) is 7.89. The van der Waals surface area contributed by atoms with Crippen LogP contribution < -0.4 is 14.8 Å². The van der Waals surface area contributed by atoms with Crippen LogP contribution in [0.2, 0.25) is 5.02 Å². The Morgan fingerprint density at radius 3 is 2.31 bits per heavy atom. The highest BCUT2D eigenvalue weighted by Crippen LogP contribution is 2.40. The van der Waals surface area contributed by atoms with Gasteiger partial charge in [0.05, 0.1) is 28.7 Å². The molecule has 3 aromatic carbocycles. The van der Waals surface area contributed by atoms with Crippen molar-refractivity contribution in [1.29, 1.82) is 5.26 Å². The maximum atomic E-state index is 11.8. The largest absolute Gasteiger partial charge is 0.488 e. The number of pyridine rings is 1. The highest BCUT2D eigenvalue weighted by atomic mass is 35.5.